The van der Waals surface area contributed by atoms with Crippen molar-refractivity contribution in [2.45, 2.75) is 20.0 Å². The summed E-state index contributed by atoms with van der Waals surface area (Å²) in [5.41, 5.74) is 0.283. The van der Waals surface area contributed by atoms with Crippen LogP contribution in [0.5, 0.6) is 5.75 Å². The molecule has 0 amide bonds. The smallest absolute Gasteiger partial charge is 0.335 e. The quantitative estimate of drug-likeness (QED) is 0.874. The molecule has 0 saturated carbocycles. The van der Waals surface area contributed by atoms with Crippen molar-refractivity contribution in [2.24, 2.45) is 0 Å². The first-order valence-electron chi connectivity index (χ1n) is 4.20. The van der Waals surface area contributed by atoms with E-state index in [4.69, 9.17) is 9.84 Å². The maximum absolute atomic E-state index is 10.6. The highest BCUT2D eigenvalue weighted by atomic mass is 127. The monoisotopic (exact) mass is 306 g/mol. The van der Waals surface area contributed by atoms with E-state index < -0.39 is 5.97 Å². The zero-order valence-corrected chi connectivity index (χ0v) is 10.1. The van der Waals surface area contributed by atoms with Gasteiger partial charge in [-0.3, -0.25) is 0 Å². The maximum Gasteiger partial charge on any atom is 0.335 e. The minimum absolute atomic E-state index is 0.0965. The fourth-order valence-electron chi connectivity index (χ4n) is 0.983. The molecule has 0 bridgehead atoms. The van der Waals surface area contributed by atoms with Crippen LogP contribution in [-0.2, 0) is 0 Å². The largest absolute Gasteiger partial charge is 0.490 e. The van der Waals surface area contributed by atoms with Crippen molar-refractivity contribution in [2.75, 3.05) is 0 Å². The molecule has 0 heterocycles. The molecule has 0 atom stereocenters. The summed E-state index contributed by atoms with van der Waals surface area (Å²) in [7, 11) is 0. The van der Waals surface area contributed by atoms with Gasteiger partial charge in [-0.05, 0) is 54.6 Å². The predicted octanol–water partition coefficient (Wildman–Crippen LogP) is 2.78. The van der Waals surface area contributed by atoms with Crippen LogP contribution in [0.4, 0.5) is 0 Å². The number of halogens is 1. The lowest BCUT2D eigenvalue weighted by atomic mass is 10.2. The van der Waals surface area contributed by atoms with Gasteiger partial charge >= 0.3 is 5.97 Å². The van der Waals surface area contributed by atoms with Crippen LogP contribution in [0.2, 0.25) is 0 Å². The van der Waals surface area contributed by atoms with Crippen LogP contribution in [0.15, 0.2) is 18.2 Å². The molecule has 0 fully saturated rings. The first kappa shape index (κ1) is 11.3. The number of hydrogen-bond donors (Lipinski definition) is 1. The van der Waals surface area contributed by atoms with Crippen LogP contribution < -0.4 is 4.74 Å². The highest BCUT2D eigenvalue weighted by Gasteiger charge is 2.08. The summed E-state index contributed by atoms with van der Waals surface area (Å²) in [5.74, 6) is -0.190. The third kappa shape index (κ3) is 2.87. The Morgan fingerprint density at radius 2 is 2.14 bits per heavy atom. The van der Waals surface area contributed by atoms with Crippen molar-refractivity contribution in [3.8, 4) is 5.75 Å². The standard InChI is InChI=1S/C10H11IO3/c1-6(2)14-9-4-3-7(10(12)13)5-8(9)11/h3-6H,1-2H3,(H,12,13). The van der Waals surface area contributed by atoms with Crippen LogP contribution >= 0.6 is 22.6 Å². The fourth-order valence-corrected chi connectivity index (χ4v) is 1.63. The first-order chi connectivity index (χ1) is 6.50. The molecular formula is C10H11IO3. The van der Waals surface area contributed by atoms with Gasteiger partial charge in [0.15, 0.2) is 0 Å². The molecule has 4 heteroatoms. The number of carboxylic acid groups (broad SMARTS) is 1. The van der Waals surface area contributed by atoms with Crippen molar-refractivity contribution in [1.29, 1.82) is 0 Å². The summed E-state index contributed by atoms with van der Waals surface area (Å²) < 4.78 is 6.30. The lowest BCUT2D eigenvalue weighted by Crippen LogP contribution is -2.07. The number of carboxylic acids is 1. The summed E-state index contributed by atoms with van der Waals surface area (Å²) in [6.07, 6.45) is 0.0965. The van der Waals surface area contributed by atoms with E-state index in [-0.39, 0.29) is 11.7 Å². The van der Waals surface area contributed by atoms with E-state index in [1.54, 1.807) is 18.2 Å². The molecule has 0 saturated heterocycles. The first-order valence-corrected chi connectivity index (χ1v) is 5.28. The normalized spacial score (nSPS) is 10.3. The predicted molar refractivity (Wildman–Crippen MR) is 61.9 cm³/mol. The molecular weight excluding hydrogens is 295 g/mol. The summed E-state index contributed by atoms with van der Waals surface area (Å²) in [5, 5.41) is 8.74. The Morgan fingerprint density at radius 3 is 2.57 bits per heavy atom. The molecule has 0 spiro atoms. The third-order valence-electron chi connectivity index (χ3n) is 1.54. The molecule has 0 unspecified atom stereocenters. The number of rotatable bonds is 3. The van der Waals surface area contributed by atoms with E-state index in [2.05, 4.69) is 22.6 Å². The summed E-state index contributed by atoms with van der Waals surface area (Å²) in [6, 6.07) is 4.83. The number of benzene rings is 1. The Kier molecular flexibility index (Phi) is 3.74. The summed E-state index contributed by atoms with van der Waals surface area (Å²) in [6.45, 7) is 3.86. The zero-order valence-electron chi connectivity index (χ0n) is 7.95. The number of carbonyl (C=O) groups is 1. The van der Waals surface area contributed by atoms with Crippen LogP contribution in [-0.4, -0.2) is 17.2 Å². The van der Waals surface area contributed by atoms with E-state index in [0.29, 0.717) is 0 Å². The molecule has 0 radical (unpaired) electrons. The van der Waals surface area contributed by atoms with Gasteiger partial charge < -0.3 is 9.84 Å². The molecule has 1 aromatic carbocycles. The van der Waals surface area contributed by atoms with Gasteiger partial charge in [-0.25, -0.2) is 4.79 Å². The van der Waals surface area contributed by atoms with Crippen molar-refractivity contribution in [3.63, 3.8) is 0 Å². The van der Waals surface area contributed by atoms with Gasteiger partial charge in [0.05, 0.1) is 15.2 Å². The van der Waals surface area contributed by atoms with E-state index in [9.17, 15) is 4.79 Å². The molecule has 1 aromatic rings. The highest BCUT2D eigenvalue weighted by Crippen LogP contribution is 2.23. The van der Waals surface area contributed by atoms with Gasteiger partial charge in [0, 0.05) is 0 Å². The van der Waals surface area contributed by atoms with Crippen molar-refractivity contribution >= 4 is 28.6 Å². The minimum Gasteiger partial charge on any atom is -0.490 e. The molecule has 0 aliphatic heterocycles. The lowest BCUT2D eigenvalue weighted by Gasteiger charge is -2.11. The van der Waals surface area contributed by atoms with Crippen molar-refractivity contribution < 1.29 is 14.6 Å². The Bertz CT molecular complexity index is 347. The molecule has 76 valence electrons. The maximum atomic E-state index is 10.6. The van der Waals surface area contributed by atoms with Gasteiger partial charge in [0.1, 0.15) is 5.75 Å². The second-order valence-electron chi connectivity index (χ2n) is 3.12. The lowest BCUT2D eigenvalue weighted by molar-refractivity contribution is 0.0697. The minimum atomic E-state index is -0.918. The van der Waals surface area contributed by atoms with Crippen LogP contribution in [0.1, 0.15) is 24.2 Å². The third-order valence-corrected chi connectivity index (χ3v) is 2.38. The summed E-state index contributed by atoms with van der Waals surface area (Å²) >= 11 is 2.06. The zero-order chi connectivity index (χ0) is 10.7. The average molecular weight is 306 g/mol. The molecule has 0 aliphatic carbocycles. The van der Waals surface area contributed by atoms with E-state index >= 15 is 0 Å². The molecule has 1 rings (SSSR count). The summed E-state index contributed by atoms with van der Waals surface area (Å²) in [4.78, 5) is 10.6. The van der Waals surface area contributed by atoms with Crippen LogP contribution in [0.3, 0.4) is 0 Å². The molecule has 3 nitrogen and oxygen atoms in total. The van der Waals surface area contributed by atoms with Gasteiger partial charge in [-0.15, -0.1) is 0 Å². The van der Waals surface area contributed by atoms with E-state index in [0.717, 1.165) is 9.32 Å². The molecule has 0 aromatic heterocycles. The molecule has 0 aliphatic rings. The van der Waals surface area contributed by atoms with Gasteiger partial charge in [-0.1, -0.05) is 0 Å². The highest BCUT2D eigenvalue weighted by molar-refractivity contribution is 14.1. The Morgan fingerprint density at radius 1 is 1.50 bits per heavy atom. The van der Waals surface area contributed by atoms with E-state index in [1.165, 1.54) is 0 Å². The van der Waals surface area contributed by atoms with E-state index in [1.807, 2.05) is 13.8 Å². The number of aromatic carboxylic acids is 1. The average Bonchev–Trinajstić information content (AvgIpc) is 2.07. The van der Waals surface area contributed by atoms with Crippen LogP contribution in [0.25, 0.3) is 0 Å². The van der Waals surface area contributed by atoms with Gasteiger partial charge in [0.2, 0.25) is 0 Å². The Labute approximate surface area is 96.2 Å². The molecule has 14 heavy (non-hydrogen) atoms. The SMILES string of the molecule is CC(C)Oc1ccc(C(=O)O)cc1I. The van der Waals surface area contributed by atoms with Crippen LogP contribution in [0, 0.1) is 3.57 Å². The number of hydrogen-bond acceptors (Lipinski definition) is 2. The second-order valence-corrected chi connectivity index (χ2v) is 4.28. The van der Waals surface area contributed by atoms with Gasteiger partial charge in [0.25, 0.3) is 0 Å². The Hall–Kier alpha value is -0.780. The van der Waals surface area contributed by atoms with Crippen molar-refractivity contribution in [1.82, 2.24) is 0 Å². The number of ether oxygens (including phenoxy) is 1. The molecule has 1 N–H and O–H groups in total. The van der Waals surface area contributed by atoms with Crippen molar-refractivity contribution in [3.05, 3.63) is 27.3 Å². The second kappa shape index (κ2) is 4.63. The topological polar surface area (TPSA) is 46.5 Å². The fraction of sp³-hybridized carbons (Fsp3) is 0.300. The Balaban J connectivity index is 2.95. The van der Waals surface area contributed by atoms with Gasteiger partial charge in [-0.2, -0.15) is 0 Å².